The van der Waals surface area contributed by atoms with Gasteiger partial charge in [0.05, 0.1) is 13.2 Å². The van der Waals surface area contributed by atoms with Crippen LogP contribution >= 0.6 is 12.2 Å². The Hall–Kier alpha value is -2.60. The molecule has 0 aromatic heterocycles. The first kappa shape index (κ1) is 24.7. The van der Waals surface area contributed by atoms with E-state index in [9.17, 15) is 4.79 Å². The predicted molar refractivity (Wildman–Crippen MR) is 131 cm³/mol. The zero-order valence-electron chi connectivity index (χ0n) is 18.8. The van der Waals surface area contributed by atoms with Crippen LogP contribution in [0.15, 0.2) is 48.5 Å². The molecule has 2 rings (SSSR count). The largest absolute Gasteiger partial charge is 0.494 e. The van der Waals surface area contributed by atoms with Gasteiger partial charge in [0.15, 0.2) is 5.11 Å². The summed E-state index contributed by atoms with van der Waals surface area (Å²) in [4.78, 5) is 12.4. The number of carbonyl (C=O) groups excluding carboxylic acids is 1. The number of carbonyl (C=O) groups is 1. The fourth-order valence-corrected chi connectivity index (χ4v) is 3.02. The molecule has 0 saturated heterocycles. The standard InChI is InChI=1S/C25H34N2O3S/c1-4-5-6-7-17-29-22-12-8-20(9-13-22)24(28)27-25(31)26-21-10-14-23(15-11-21)30-18-16-19(2)3/h8-15,19H,4-7,16-18H2,1-3H3,(H2,26,27,28,31). The van der Waals surface area contributed by atoms with Crippen molar-refractivity contribution in [2.75, 3.05) is 18.5 Å². The summed E-state index contributed by atoms with van der Waals surface area (Å²) in [5.41, 5.74) is 1.31. The molecule has 168 valence electrons. The maximum atomic E-state index is 12.4. The minimum atomic E-state index is -0.263. The van der Waals surface area contributed by atoms with Gasteiger partial charge in [0.25, 0.3) is 5.91 Å². The van der Waals surface area contributed by atoms with Crippen LogP contribution in [-0.4, -0.2) is 24.2 Å². The number of thiocarbonyl (C=S) groups is 1. The van der Waals surface area contributed by atoms with Crippen molar-refractivity contribution in [3.8, 4) is 11.5 Å². The molecule has 0 fully saturated rings. The molecule has 1 amide bonds. The molecule has 5 nitrogen and oxygen atoms in total. The fraction of sp³-hybridized carbons (Fsp3) is 0.440. The number of hydrogen-bond donors (Lipinski definition) is 2. The maximum absolute atomic E-state index is 12.4. The number of anilines is 1. The summed E-state index contributed by atoms with van der Waals surface area (Å²) in [6.07, 6.45) is 5.67. The highest BCUT2D eigenvalue weighted by molar-refractivity contribution is 7.80. The third-order valence-electron chi connectivity index (χ3n) is 4.69. The van der Waals surface area contributed by atoms with Crippen LogP contribution in [0, 0.1) is 5.92 Å². The van der Waals surface area contributed by atoms with E-state index in [1.54, 1.807) is 12.1 Å². The number of ether oxygens (including phenoxy) is 2. The second-order valence-corrected chi connectivity index (χ2v) is 8.31. The smallest absolute Gasteiger partial charge is 0.257 e. The quantitative estimate of drug-likeness (QED) is 0.303. The first-order chi connectivity index (χ1) is 15.0. The molecule has 0 atom stereocenters. The zero-order valence-corrected chi connectivity index (χ0v) is 19.6. The lowest BCUT2D eigenvalue weighted by Gasteiger charge is -2.12. The first-order valence-electron chi connectivity index (χ1n) is 11.1. The van der Waals surface area contributed by atoms with Crippen LogP contribution in [0.4, 0.5) is 5.69 Å². The third kappa shape index (κ3) is 9.83. The lowest BCUT2D eigenvalue weighted by molar-refractivity contribution is 0.0977. The Kier molecular flexibility index (Phi) is 10.9. The molecule has 0 heterocycles. The minimum absolute atomic E-state index is 0.245. The van der Waals surface area contributed by atoms with Gasteiger partial charge in [-0.1, -0.05) is 40.0 Å². The van der Waals surface area contributed by atoms with Crippen LogP contribution in [0.5, 0.6) is 11.5 Å². The van der Waals surface area contributed by atoms with Crippen molar-refractivity contribution in [2.24, 2.45) is 5.92 Å². The second-order valence-electron chi connectivity index (χ2n) is 7.90. The summed E-state index contributed by atoms with van der Waals surface area (Å²) in [5, 5.41) is 5.97. The number of nitrogens with one attached hydrogen (secondary N) is 2. The van der Waals surface area contributed by atoms with E-state index in [-0.39, 0.29) is 11.0 Å². The van der Waals surface area contributed by atoms with E-state index in [2.05, 4.69) is 31.4 Å². The molecule has 0 aliphatic carbocycles. The fourth-order valence-electron chi connectivity index (χ4n) is 2.81. The molecule has 31 heavy (non-hydrogen) atoms. The Labute approximate surface area is 191 Å². The van der Waals surface area contributed by atoms with Crippen molar-refractivity contribution < 1.29 is 14.3 Å². The van der Waals surface area contributed by atoms with E-state index in [1.165, 1.54) is 19.3 Å². The monoisotopic (exact) mass is 442 g/mol. The molecule has 0 saturated carbocycles. The van der Waals surface area contributed by atoms with E-state index < -0.39 is 0 Å². The van der Waals surface area contributed by atoms with Crippen LogP contribution in [0.1, 0.15) is 63.2 Å². The first-order valence-corrected chi connectivity index (χ1v) is 11.5. The van der Waals surface area contributed by atoms with Crippen LogP contribution < -0.4 is 20.1 Å². The summed E-state index contributed by atoms with van der Waals surface area (Å²) in [6, 6.07) is 14.6. The van der Waals surface area contributed by atoms with E-state index in [0.717, 1.165) is 30.0 Å². The normalized spacial score (nSPS) is 10.6. The van der Waals surface area contributed by atoms with Crippen LogP contribution in [0.25, 0.3) is 0 Å². The van der Waals surface area contributed by atoms with Gasteiger partial charge < -0.3 is 14.8 Å². The minimum Gasteiger partial charge on any atom is -0.494 e. The third-order valence-corrected chi connectivity index (χ3v) is 4.89. The predicted octanol–water partition coefficient (Wildman–Crippen LogP) is 6.20. The summed E-state index contributed by atoms with van der Waals surface area (Å²) >= 11 is 5.26. The SMILES string of the molecule is CCCCCCOc1ccc(C(=O)NC(=S)Nc2ccc(OCCC(C)C)cc2)cc1. The zero-order chi connectivity index (χ0) is 22.5. The van der Waals surface area contributed by atoms with Gasteiger partial charge in [0.1, 0.15) is 11.5 Å². The van der Waals surface area contributed by atoms with Crippen molar-refractivity contribution in [1.29, 1.82) is 0 Å². The highest BCUT2D eigenvalue weighted by atomic mass is 32.1. The van der Waals surface area contributed by atoms with Crippen LogP contribution in [0.2, 0.25) is 0 Å². The Morgan fingerprint density at radius 3 is 2.13 bits per heavy atom. The molecule has 2 N–H and O–H groups in total. The summed E-state index contributed by atoms with van der Waals surface area (Å²) in [5.74, 6) is 1.93. The molecule has 0 aliphatic rings. The molecular formula is C25H34N2O3S. The molecule has 2 aromatic rings. The summed E-state index contributed by atoms with van der Waals surface area (Å²) in [7, 11) is 0. The van der Waals surface area contributed by atoms with Crippen LogP contribution in [-0.2, 0) is 0 Å². The summed E-state index contributed by atoms with van der Waals surface area (Å²) < 4.78 is 11.4. The lowest BCUT2D eigenvalue weighted by Crippen LogP contribution is -2.34. The number of benzene rings is 2. The van der Waals surface area contributed by atoms with E-state index in [0.29, 0.717) is 24.7 Å². The van der Waals surface area contributed by atoms with Crippen molar-refractivity contribution in [3.05, 3.63) is 54.1 Å². The summed E-state index contributed by atoms with van der Waals surface area (Å²) in [6.45, 7) is 7.92. The molecule has 2 aromatic carbocycles. The lowest BCUT2D eigenvalue weighted by atomic mass is 10.1. The van der Waals surface area contributed by atoms with Crippen molar-refractivity contribution in [2.45, 2.75) is 52.9 Å². The van der Waals surface area contributed by atoms with Gasteiger partial charge in [-0.2, -0.15) is 0 Å². The van der Waals surface area contributed by atoms with Gasteiger partial charge in [-0.15, -0.1) is 0 Å². The topological polar surface area (TPSA) is 59.6 Å². The molecule has 0 spiro atoms. The molecule has 0 unspecified atom stereocenters. The molecule has 6 heteroatoms. The van der Waals surface area contributed by atoms with Gasteiger partial charge in [-0.25, -0.2) is 0 Å². The van der Waals surface area contributed by atoms with Crippen molar-refractivity contribution in [1.82, 2.24) is 5.32 Å². The average Bonchev–Trinajstić information content (AvgIpc) is 2.75. The van der Waals surface area contributed by atoms with Gasteiger partial charge in [-0.3, -0.25) is 10.1 Å². The van der Waals surface area contributed by atoms with E-state index in [4.69, 9.17) is 21.7 Å². The second kappa shape index (κ2) is 13.7. The van der Waals surface area contributed by atoms with Gasteiger partial charge >= 0.3 is 0 Å². The van der Waals surface area contributed by atoms with E-state index >= 15 is 0 Å². The highest BCUT2D eigenvalue weighted by Crippen LogP contribution is 2.17. The number of amides is 1. The molecule has 0 radical (unpaired) electrons. The average molecular weight is 443 g/mol. The van der Waals surface area contributed by atoms with E-state index in [1.807, 2.05) is 36.4 Å². The Morgan fingerprint density at radius 2 is 1.52 bits per heavy atom. The van der Waals surface area contributed by atoms with Crippen molar-refractivity contribution >= 4 is 28.9 Å². The Balaban J connectivity index is 1.75. The van der Waals surface area contributed by atoms with Gasteiger partial charge in [0, 0.05) is 11.3 Å². The number of hydrogen-bond acceptors (Lipinski definition) is 4. The van der Waals surface area contributed by atoms with Gasteiger partial charge in [-0.05, 0) is 79.5 Å². The van der Waals surface area contributed by atoms with Crippen molar-refractivity contribution in [3.63, 3.8) is 0 Å². The molecular weight excluding hydrogens is 408 g/mol. The van der Waals surface area contributed by atoms with Gasteiger partial charge in [0.2, 0.25) is 0 Å². The Morgan fingerprint density at radius 1 is 0.903 bits per heavy atom. The number of unbranched alkanes of at least 4 members (excludes halogenated alkanes) is 3. The molecule has 0 bridgehead atoms. The Bertz CT molecular complexity index is 805. The number of rotatable bonds is 12. The highest BCUT2D eigenvalue weighted by Gasteiger charge is 2.08. The molecule has 0 aliphatic heterocycles. The maximum Gasteiger partial charge on any atom is 0.257 e. The van der Waals surface area contributed by atoms with Crippen LogP contribution in [0.3, 0.4) is 0 Å².